The van der Waals surface area contributed by atoms with E-state index < -0.39 is 30.0 Å². The Balaban J connectivity index is 1.59. The van der Waals surface area contributed by atoms with Gasteiger partial charge in [-0.15, -0.1) is 0 Å². The highest BCUT2D eigenvalue weighted by molar-refractivity contribution is 5.91. The van der Waals surface area contributed by atoms with Gasteiger partial charge in [0.25, 0.3) is 0 Å². The molecule has 0 bridgehead atoms. The second-order valence-electron chi connectivity index (χ2n) is 7.66. The number of nitrogens with two attached hydrogens (primary N) is 1. The van der Waals surface area contributed by atoms with Gasteiger partial charge in [0.15, 0.2) is 0 Å². The van der Waals surface area contributed by atoms with Crippen molar-refractivity contribution < 1.29 is 24.2 Å². The smallest absolute Gasteiger partial charge is 0.243 e. The molecule has 1 heterocycles. The van der Waals surface area contributed by atoms with Crippen LogP contribution in [0.3, 0.4) is 0 Å². The van der Waals surface area contributed by atoms with E-state index in [0.717, 1.165) is 11.1 Å². The molecule has 0 radical (unpaired) electrons. The molecule has 1 aliphatic heterocycles. The maximum atomic E-state index is 12.6. The number of nitrogens with zero attached hydrogens (tertiary/aromatic N) is 1. The van der Waals surface area contributed by atoms with Crippen molar-refractivity contribution in [1.29, 1.82) is 0 Å². The molecule has 164 valence electrons. The number of carbonyl (C=O) groups is 3. The van der Waals surface area contributed by atoms with Crippen LogP contribution in [-0.2, 0) is 27.4 Å². The number of nitrogens with one attached hydrogen (secondary N) is 1. The van der Waals surface area contributed by atoms with Crippen LogP contribution in [0.15, 0.2) is 54.6 Å². The molecule has 8 nitrogen and oxygen atoms in total. The second kappa shape index (κ2) is 10.1. The van der Waals surface area contributed by atoms with Gasteiger partial charge in [0, 0.05) is 26.3 Å². The predicted molar refractivity (Wildman–Crippen MR) is 114 cm³/mol. The summed E-state index contributed by atoms with van der Waals surface area (Å²) < 4.78 is 5.75. The van der Waals surface area contributed by atoms with Gasteiger partial charge in [0.05, 0.1) is 6.10 Å². The number of aliphatic hydroxyl groups excluding tert-OH is 1. The molecule has 8 heteroatoms. The normalized spacial score (nSPS) is 19.0. The van der Waals surface area contributed by atoms with Crippen molar-refractivity contribution >= 4 is 17.7 Å². The van der Waals surface area contributed by atoms with E-state index in [-0.39, 0.29) is 25.3 Å². The summed E-state index contributed by atoms with van der Waals surface area (Å²) >= 11 is 0. The fourth-order valence-electron chi connectivity index (χ4n) is 3.60. The maximum absolute atomic E-state index is 12.6. The van der Waals surface area contributed by atoms with Gasteiger partial charge in [-0.25, -0.2) is 0 Å². The van der Waals surface area contributed by atoms with Crippen molar-refractivity contribution in [2.75, 3.05) is 6.54 Å². The quantitative estimate of drug-likeness (QED) is 0.576. The number of rotatable bonds is 8. The van der Waals surface area contributed by atoms with E-state index in [1.165, 1.54) is 11.8 Å². The Bertz CT molecular complexity index is 917. The van der Waals surface area contributed by atoms with Gasteiger partial charge in [0.1, 0.15) is 24.4 Å². The Morgan fingerprint density at radius 2 is 1.81 bits per heavy atom. The maximum Gasteiger partial charge on any atom is 0.243 e. The van der Waals surface area contributed by atoms with Crippen molar-refractivity contribution in [1.82, 2.24) is 10.2 Å². The molecule has 3 amide bonds. The third kappa shape index (κ3) is 6.05. The fourth-order valence-corrected chi connectivity index (χ4v) is 3.60. The predicted octanol–water partition coefficient (Wildman–Crippen LogP) is 0.760. The average Bonchev–Trinajstić information content (AvgIpc) is 3.15. The summed E-state index contributed by atoms with van der Waals surface area (Å²) in [6.45, 7) is 1.88. The van der Waals surface area contributed by atoms with Gasteiger partial charge >= 0.3 is 0 Å². The van der Waals surface area contributed by atoms with Crippen LogP contribution in [0.2, 0.25) is 0 Å². The Morgan fingerprint density at radius 3 is 2.42 bits per heavy atom. The van der Waals surface area contributed by atoms with Crippen molar-refractivity contribution in [2.45, 2.75) is 44.6 Å². The number of hydrogen-bond acceptors (Lipinski definition) is 5. The van der Waals surface area contributed by atoms with Crippen LogP contribution in [-0.4, -0.2) is 52.5 Å². The first kappa shape index (κ1) is 22.3. The topological polar surface area (TPSA) is 122 Å². The zero-order chi connectivity index (χ0) is 22.4. The third-order valence-electron chi connectivity index (χ3n) is 5.26. The Morgan fingerprint density at radius 1 is 1.13 bits per heavy atom. The van der Waals surface area contributed by atoms with Gasteiger partial charge in [-0.1, -0.05) is 42.5 Å². The monoisotopic (exact) mass is 425 g/mol. The number of ether oxygens (including phenoxy) is 1. The van der Waals surface area contributed by atoms with Crippen LogP contribution >= 0.6 is 0 Å². The zero-order valence-corrected chi connectivity index (χ0v) is 17.4. The van der Waals surface area contributed by atoms with E-state index in [2.05, 4.69) is 5.32 Å². The number of hydrogen-bond donors (Lipinski definition) is 3. The molecule has 0 aliphatic carbocycles. The highest BCUT2D eigenvalue weighted by atomic mass is 16.5. The minimum absolute atomic E-state index is 0.0963. The number of β-amino-alcohol motifs (C(OH)–C–C–N with tert-alkyl or cyclic N) is 1. The highest BCUT2D eigenvalue weighted by Gasteiger charge is 2.38. The van der Waals surface area contributed by atoms with Crippen LogP contribution < -0.4 is 15.8 Å². The minimum atomic E-state index is -0.935. The summed E-state index contributed by atoms with van der Waals surface area (Å²) in [5.74, 6) is -0.799. The third-order valence-corrected chi connectivity index (χ3v) is 5.26. The summed E-state index contributed by atoms with van der Waals surface area (Å²) in [6.07, 6.45) is -0.435. The van der Waals surface area contributed by atoms with Gasteiger partial charge in [-0.2, -0.15) is 0 Å². The SMILES string of the molecule is CC(=O)N1C[C@H](O)C[C@H]1C(=O)N[C@H](Cc1ccc(OCc2ccccc2)cc1)C(N)=O. The first-order chi connectivity index (χ1) is 14.8. The van der Waals surface area contributed by atoms with Crippen LogP contribution in [0.1, 0.15) is 24.5 Å². The molecule has 2 aromatic carbocycles. The van der Waals surface area contributed by atoms with E-state index in [9.17, 15) is 19.5 Å². The molecule has 0 unspecified atom stereocenters. The lowest BCUT2D eigenvalue weighted by Crippen LogP contribution is -2.52. The first-order valence-electron chi connectivity index (χ1n) is 10.1. The zero-order valence-electron chi connectivity index (χ0n) is 17.4. The second-order valence-corrected chi connectivity index (χ2v) is 7.66. The number of aliphatic hydroxyl groups is 1. The summed E-state index contributed by atoms with van der Waals surface area (Å²) in [5.41, 5.74) is 7.34. The molecule has 0 spiro atoms. The Kier molecular flexibility index (Phi) is 7.25. The highest BCUT2D eigenvalue weighted by Crippen LogP contribution is 2.19. The molecule has 4 N–H and O–H groups in total. The molecular weight excluding hydrogens is 398 g/mol. The Labute approximate surface area is 181 Å². The number of amides is 3. The largest absolute Gasteiger partial charge is 0.489 e. The van der Waals surface area contributed by atoms with Crippen LogP contribution in [0.25, 0.3) is 0 Å². The number of likely N-dealkylation sites (tertiary alicyclic amines) is 1. The fraction of sp³-hybridized carbons (Fsp3) is 0.348. The molecule has 3 atom stereocenters. The minimum Gasteiger partial charge on any atom is -0.489 e. The van der Waals surface area contributed by atoms with E-state index >= 15 is 0 Å². The van der Waals surface area contributed by atoms with Gasteiger partial charge < -0.3 is 25.8 Å². The van der Waals surface area contributed by atoms with Gasteiger partial charge in [0.2, 0.25) is 17.7 Å². The number of primary amides is 1. The molecule has 0 aromatic heterocycles. The van der Waals surface area contributed by atoms with Gasteiger partial charge in [-0.3, -0.25) is 14.4 Å². The molecule has 3 rings (SSSR count). The number of benzene rings is 2. The number of carbonyl (C=O) groups excluding carboxylic acids is 3. The lowest BCUT2D eigenvalue weighted by atomic mass is 10.0. The Hall–Kier alpha value is -3.39. The molecule has 31 heavy (non-hydrogen) atoms. The van der Waals surface area contributed by atoms with E-state index in [1.54, 1.807) is 12.1 Å². The van der Waals surface area contributed by atoms with Crippen molar-refractivity contribution in [3.05, 3.63) is 65.7 Å². The molecule has 1 aliphatic rings. The van der Waals surface area contributed by atoms with Crippen LogP contribution in [0.4, 0.5) is 0 Å². The van der Waals surface area contributed by atoms with E-state index in [0.29, 0.717) is 12.4 Å². The van der Waals surface area contributed by atoms with E-state index in [4.69, 9.17) is 10.5 Å². The van der Waals surface area contributed by atoms with Crippen LogP contribution in [0, 0.1) is 0 Å². The van der Waals surface area contributed by atoms with Crippen molar-refractivity contribution in [3.8, 4) is 5.75 Å². The van der Waals surface area contributed by atoms with Crippen LogP contribution in [0.5, 0.6) is 5.75 Å². The average molecular weight is 425 g/mol. The summed E-state index contributed by atoms with van der Waals surface area (Å²) in [6, 6.07) is 15.2. The first-order valence-corrected chi connectivity index (χ1v) is 10.1. The lowest BCUT2D eigenvalue weighted by molar-refractivity contribution is -0.138. The summed E-state index contributed by atoms with van der Waals surface area (Å²) in [7, 11) is 0. The molecular formula is C23H27N3O5. The van der Waals surface area contributed by atoms with Gasteiger partial charge in [-0.05, 0) is 23.3 Å². The van der Waals surface area contributed by atoms with Crippen molar-refractivity contribution in [3.63, 3.8) is 0 Å². The van der Waals surface area contributed by atoms with E-state index in [1.807, 2.05) is 42.5 Å². The summed E-state index contributed by atoms with van der Waals surface area (Å²) in [4.78, 5) is 37.6. The lowest BCUT2D eigenvalue weighted by Gasteiger charge is -2.24. The standard InChI is InChI=1S/C23H27N3O5/c1-15(27)26-13-18(28)12-21(26)23(30)25-20(22(24)29)11-16-7-9-19(10-8-16)31-14-17-5-3-2-4-6-17/h2-10,18,20-21,28H,11-14H2,1H3,(H2,24,29)(H,25,30)/t18-,20-,21+/m1/s1. The molecule has 2 aromatic rings. The summed E-state index contributed by atoms with van der Waals surface area (Å²) in [5, 5.41) is 12.4. The molecule has 1 fully saturated rings. The molecule has 0 saturated carbocycles. The van der Waals surface area contributed by atoms with Crippen molar-refractivity contribution in [2.24, 2.45) is 5.73 Å². The molecule has 1 saturated heterocycles.